The van der Waals surface area contributed by atoms with Gasteiger partial charge >= 0.3 is 0 Å². The molecule has 0 saturated heterocycles. The minimum absolute atomic E-state index is 0.249. The molecule has 0 saturated carbocycles. The lowest BCUT2D eigenvalue weighted by atomic mass is 10.2. The van der Waals surface area contributed by atoms with Gasteiger partial charge in [-0.2, -0.15) is 0 Å². The highest BCUT2D eigenvalue weighted by Crippen LogP contribution is 2.20. The van der Waals surface area contributed by atoms with Gasteiger partial charge in [0.25, 0.3) is 0 Å². The Hall–Kier alpha value is -1.35. The van der Waals surface area contributed by atoms with Crippen LogP contribution in [0.15, 0.2) is 24.3 Å². The fraction of sp³-hybridized carbons (Fsp3) is 0.200. The Kier molecular flexibility index (Phi) is 3.46. The number of rotatable bonds is 3. The zero-order valence-electron chi connectivity index (χ0n) is 7.46. The molecule has 0 atom stereocenters. The monoisotopic (exact) mass is 181 g/mol. The molecule has 0 bridgehead atoms. The Bertz CT molecular complexity index is 310. The van der Waals surface area contributed by atoms with Gasteiger partial charge in [0.05, 0.1) is 7.11 Å². The van der Waals surface area contributed by atoms with Crippen LogP contribution in [0.25, 0.3) is 6.08 Å². The van der Waals surface area contributed by atoms with E-state index in [1.807, 2.05) is 0 Å². The lowest BCUT2D eigenvalue weighted by Gasteiger charge is -2.03. The Labute approximate surface area is 76.8 Å². The van der Waals surface area contributed by atoms with E-state index in [1.54, 1.807) is 30.4 Å². The third kappa shape index (κ3) is 2.29. The van der Waals surface area contributed by atoms with E-state index >= 15 is 0 Å². The van der Waals surface area contributed by atoms with Crippen molar-refractivity contribution < 1.29 is 9.13 Å². The summed E-state index contributed by atoms with van der Waals surface area (Å²) in [4.78, 5) is 0. The van der Waals surface area contributed by atoms with E-state index in [0.717, 1.165) is 0 Å². The summed E-state index contributed by atoms with van der Waals surface area (Å²) < 4.78 is 18.2. The summed E-state index contributed by atoms with van der Waals surface area (Å²) in [5.41, 5.74) is 5.75. The normalized spacial score (nSPS) is 10.7. The first kappa shape index (κ1) is 9.74. The smallest absolute Gasteiger partial charge is 0.172 e. The maximum Gasteiger partial charge on any atom is 0.172 e. The standard InChI is InChI=1S/C10H12FNO/c1-13-9-6-2-4-8(10(9)11)5-3-7-12/h2-6H,7,12H2,1H3. The maximum atomic E-state index is 13.4. The van der Waals surface area contributed by atoms with Crippen LogP contribution in [-0.4, -0.2) is 13.7 Å². The topological polar surface area (TPSA) is 35.2 Å². The van der Waals surface area contributed by atoms with Gasteiger partial charge in [-0.25, -0.2) is 4.39 Å². The Morgan fingerprint density at radius 3 is 2.92 bits per heavy atom. The van der Waals surface area contributed by atoms with E-state index in [4.69, 9.17) is 10.5 Å². The fourth-order valence-corrected chi connectivity index (χ4v) is 1.01. The lowest BCUT2D eigenvalue weighted by Crippen LogP contribution is -1.93. The molecule has 1 aromatic rings. The fourth-order valence-electron chi connectivity index (χ4n) is 1.01. The number of hydrogen-bond donors (Lipinski definition) is 1. The predicted molar refractivity (Wildman–Crippen MR) is 51.0 cm³/mol. The molecule has 2 N–H and O–H groups in total. The molecule has 13 heavy (non-hydrogen) atoms. The minimum Gasteiger partial charge on any atom is -0.494 e. The number of ether oxygens (including phenoxy) is 1. The molecule has 0 radical (unpaired) electrons. The van der Waals surface area contributed by atoms with E-state index in [1.165, 1.54) is 7.11 Å². The van der Waals surface area contributed by atoms with Crippen LogP contribution < -0.4 is 10.5 Å². The third-order valence-electron chi connectivity index (χ3n) is 1.65. The van der Waals surface area contributed by atoms with Crippen LogP contribution in [0.3, 0.4) is 0 Å². The minimum atomic E-state index is -0.352. The molecule has 0 aliphatic heterocycles. The third-order valence-corrected chi connectivity index (χ3v) is 1.65. The highest BCUT2D eigenvalue weighted by Gasteiger charge is 2.04. The molecule has 70 valence electrons. The van der Waals surface area contributed by atoms with E-state index in [9.17, 15) is 4.39 Å². The van der Waals surface area contributed by atoms with Crippen LogP contribution in [0.5, 0.6) is 5.75 Å². The average Bonchev–Trinajstić information content (AvgIpc) is 2.16. The van der Waals surface area contributed by atoms with Gasteiger partial charge in [-0.1, -0.05) is 24.3 Å². The first-order valence-electron chi connectivity index (χ1n) is 3.98. The SMILES string of the molecule is COc1cccc(C=CCN)c1F. The van der Waals surface area contributed by atoms with Crippen molar-refractivity contribution in [2.45, 2.75) is 0 Å². The number of nitrogens with two attached hydrogens (primary N) is 1. The molecular formula is C10H12FNO. The molecule has 0 spiro atoms. The van der Waals surface area contributed by atoms with Crippen molar-refractivity contribution in [3.8, 4) is 5.75 Å². The van der Waals surface area contributed by atoms with Crippen molar-refractivity contribution in [3.05, 3.63) is 35.7 Å². The summed E-state index contributed by atoms with van der Waals surface area (Å²) >= 11 is 0. The predicted octanol–water partition coefficient (Wildman–Crippen LogP) is 1.81. The van der Waals surface area contributed by atoms with Crippen molar-refractivity contribution >= 4 is 6.08 Å². The molecular weight excluding hydrogens is 169 g/mol. The second kappa shape index (κ2) is 4.62. The van der Waals surface area contributed by atoms with Crippen molar-refractivity contribution in [1.29, 1.82) is 0 Å². The highest BCUT2D eigenvalue weighted by atomic mass is 19.1. The second-order valence-corrected chi connectivity index (χ2v) is 2.50. The largest absolute Gasteiger partial charge is 0.494 e. The van der Waals surface area contributed by atoms with Gasteiger partial charge in [-0.05, 0) is 6.07 Å². The lowest BCUT2D eigenvalue weighted by molar-refractivity contribution is 0.386. The summed E-state index contributed by atoms with van der Waals surface area (Å²) in [6, 6.07) is 4.98. The van der Waals surface area contributed by atoms with Gasteiger partial charge in [0.2, 0.25) is 0 Å². The maximum absolute atomic E-state index is 13.4. The van der Waals surface area contributed by atoms with Crippen LogP contribution in [-0.2, 0) is 0 Å². The van der Waals surface area contributed by atoms with Crippen molar-refractivity contribution in [2.75, 3.05) is 13.7 Å². The average molecular weight is 181 g/mol. The van der Waals surface area contributed by atoms with Crippen LogP contribution >= 0.6 is 0 Å². The summed E-state index contributed by atoms with van der Waals surface area (Å²) in [5, 5.41) is 0. The van der Waals surface area contributed by atoms with Gasteiger partial charge in [0.1, 0.15) is 0 Å². The number of methoxy groups -OCH3 is 1. The number of benzene rings is 1. The molecule has 0 aromatic heterocycles. The number of hydrogen-bond acceptors (Lipinski definition) is 2. The van der Waals surface area contributed by atoms with Crippen LogP contribution in [0.1, 0.15) is 5.56 Å². The molecule has 0 aliphatic rings. The van der Waals surface area contributed by atoms with E-state index in [0.29, 0.717) is 12.1 Å². The quantitative estimate of drug-likeness (QED) is 0.771. The first-order chi connectivity index (χ1) is 6.29. The van der Waals surface area contributed by atoms with E-state index < -0.39 is 0 Å². The molecule has 3 heteroatoms. The van der Waals surface area contributed by atoms with Crippen molar-refractivity contribution in [1.82, 2.24) is 0 Å². The summed E-state index contributed by atoms with van der Waals surface area (Å²) in [7, 11) is 1.44. The second-order valence-electron chi connectivity index (χ2n) is 2.50. The molecule has 0 amide bonds. The van der Waals surface area contributed by atoms with E-state index in [-0.39, 0.29) is 11.6 Å². The van der Waals surface area contributed by atoms with Crippen LogP contribution in [0.4, 0.5) is 4.39 Å². The van der Waals surface area contributed by atoms with Gasteiger partial charge in [0.15, 0.2) is 11.6 Å². The van der Waals surface area contributed by atoms with E-state index in [2.05, 4.69) is 0 Å². The molecule has 0 heterocycles. The van der Waals surface area contributed by atoms with Crippen LogP contribution in [0, 0.1) is 5.82 Å². The van der Waals surface area contributed by atoms with Gasteiger partial charge in [0, 0.05) is 12.1 Å². The Morgan fingerprint density at radius 1 is 1.54 bits per heavy atom. The van der Waals surface area contributed by atoms with Gasteiger partial charge in [-0.3, -0.25) is 0 Å². The zero-order chi connectivity index (χ0) is 9.68. The molecule has 0 fully saturated rings. The van der Waals surface area contributed by atoms with Gasteiger partial charge in [-0.15, -0.1) is 0 Å². The Morgan fingerprint density at radius 2 is 2.31 bits per heavy atom. The number of halogens is 1. The summed E-state index contributed by atoms with van der Waals surface area (Å²) in [5.74, 6) is -0.103. The van der Waals surface area contributed by atoms with Crippen LogP contribution in [0.2, 0.25) is 0 Å². The highest BCUT2D eigenvalue weighted by molar-refractivity contribution is 5.53. The molecule has 1 aromatic carbocycles. The zero-order valence-corrected chi connectivity index (χ0v) is 7.46. The molecule has 0 aliphatic carbocycles. The van der Waals surface area contributed by atoms with Crippen molar-refractivity contribution in [3.63, 3.8) is 0 Å². The summed E-state index contributed by atoms with van der Waals surface area (Å²) in [6.07, 6.45) is 3.33. The first-order valence-corrected chi connectivity index (χ1v) is 3.98. The molecule has 1 rings (SSSR count). The molecule has 2 nitrogen and oxygen atoms in total. The van der Waals surface area contributed by atoms with Gasteiger partial charge < -0.3 is 10.5 Å². The molecule has 0 unspecified atom stereocenters. The van der Waals surface area contributed by atoms with Crippen molar-refractivity contribution in [2.24, 2.45) is 5.73 Å². The summed E-state index contributed by atoms with van der Waals surface area (Å²) in [6.45, 7) is 0.399. The Balaban J connectivity index is 3.01.